The minimum Gasteiger partial charge on any atom is -0.497 e. The maximum atomic E-state index is 13.6. The molecule has 0 aliphatic carbocycles. The molecule has 0 unspecified atom stereocenters. The van der Waals surface area contributed by atoms with Crippen molar-refractivity contribution in [1.29, 1.82) is 0 Å². The summed E-state index contributed by atoms with van der Waals surface area (Å²) in [7, 11) is 4.56. The lowest BCUT2D eigenvalue weighted by molar-refractivity contribution is -0.384. The van der Waals surface area contributed by atoms with Crippen LogP contribution in [-0.4, -0.2) is 43.4 Å². The Morgan fingerprint density at radius 1 is 0.971 bits per heavy atom. The second-order valence-corrected chi connectivity index (χ2v) is 8.15. The number of benzene rings is 3. The van der Waals surface area contributed by atoms with E-state index in [-0.39, 0.29) is 11.3 Å². The van der Waals surface area contributed by atoms with Gasteiger partial charge in [0.05, 0.1) is 42.7 Å². The van der Waals surface area contributed by atoms with Crippen LogP contribution < -0.4 is 19.2 Å². The predicted octanol–water partition coefficient (Wildman–Crippen LogP) is 4.91. The highest BCUT2D eigenvalue weighted by molar-refractivity contribution is 7.22. The number of nitro benzene ring substituents is 1. The van der Waals surface area contributed by atoms with Crippen LogP contribution in [0.5, 0.6) is 17.2 Å². The Labute approximate surface area is 204 Å². The number of fused-ring (bicyclic) bond motifs is 1. The number of nitro groups is 1. The van der Waals surface area contributed by atoms with Crippen LogP contribution in [0.3, 0.4) is 0 Å². The van der Waals surface area contributed by atoms with E-state index in [0.29, 0.717) is 33.5 Å². The van der Waals surface area contributed by atoms with E-state index >= 15 is 0 Å². The van der Waals surface area contributed by atoms with Crippen molar-refractivity contribution >= 4 is 44.5 Å². The van der Waals surface area contributed by atoms with Crippen LogP contribution in [0.25, 0.3) is 10.2 Å². The molecule has 0 saturated carbocycles. The lowest BCUT2D eigenvalue weighted by Crippen LogP contribution is -2.25. The highest BCUT2D eigenvalue weighted by atomic mass is 32.1. The number of aromatic nitrogens is 1. The van der Waals surface area contributed by atoms with E-state index < -0.39 is 10.8 Å². The topological polar surface area (TPSA) is 116 Å². The number of hydrazone groups is 1. The number of ether oxygens (including phenoxy) is 3. The molecule has 1 amide bonds. The Morgan fingerprint density at radius 2 is 1.63 bits per heavy atom. The van der Waals surface area contributed by atoms with Gasteiger partial charge in [-0.1, -0.05) is 11.3 Å². The molecule has 0 spiro atoms. The third-order valence-corrected chi connectivity index (χ3v) is 5.98. The van der Waals surface area contributed by atoms with E-state index in [4.69, 9.17) is 14.2 Å². The minimum absolute atomic E-state index is 0.0429. The SMILES string of the molecule is COc1cc(OC)cc(C(=O)N(/N=C/c2ccc([N+](=O)[O-])cc2)c2nc3ccc(OC)cc3s2)c1. The van der Waals surface area contributed by atoms with E-state index in [1.807, 2.05) is 6.07 Å². The molecule has 11 heteroatoms. The van der Waals surface area contributed by atoms with Crippen molar-refractivity contribution < 1.29 is 23.9 Å². The number of carbonyl (C=O) groups is 1. The molecule has 0 aliphatic rings. The van der Waals surface area contributed by atoms with E-state index in [0.717, 1.165) is 4.70 Å². The molecule has 0 atom stereocenters. The van der Waals surface area contributed by atoms with Gasteiger partial charge in [0, 0.05) is 23.8 Å². The van der Waals surface area contributed by atoms with Gasteiger partial charge < -0.3 is 14.2 Å². The maximum absolute atomic E-state index is 13.6. The van der Waals surface area contributed by atoms with Crippen LogP contribution >= 0.6 is 11.3 Å². The van der Waals surface area contributed by atoms with Gasteiger partial charge in [-0.25, -0.2) is 4.98 Å². The zero-order valence-electron chi connectivity index (χ0n) is 19.0. The molecule has 35 heavy (non-hydrogen) atoms. The molecule has 0 fully saturated rings. The lowest BCUT2D eigenvalue weighted by Gasteiger charge is -2.15. The van der Waals surface area contributed by atoms with Gasteiger partial charge in [0.1, 0.15) is 17.2 Å². The number of amides is 1. The normalized spacial score (nSPS) is 10.9. The van der Waals surface area contributed by atoms with E-state index in [9.17, 15) is 14.9 Å². The summed E-state index contributed by atoms with van der Waals surface area (Å²) in [5.41, 5.74) is 1.48. The van der Waals surface area contributed by atoms with Gasteiger partial charge in [-0.3, -0.25) is 14.9 Å². The number of non-ortho nitro benzene ring substituents is 1. The Hall–Kier alpha value is -4.51. The first-order chi connectivity index (χ1) is 16.9. The highest BCUT2D eigenvalue weighted by Gasteiger charge is 2.23. The van der Waals surface area contributed by atoms with Gasteiger partial charge >= 0.3 is 0 Å². The van der Waals surface area contributed by atoms with Crippen LogP contribution in [0.1, 0.15) is 15.9 Å². The highest BCUT2D eigenvalue weighted by Crippen LogP contribution is 2.33. The number of methoxy groups -OCH3 is 3. The fourth-order valence-corrected chi connectivity index (χ4v) is 4.11. The summed E-state index contributed by atoms with van der Waals surface area (Å²) >= 11 is 1.27. The lowest BCUT2D eigenvalue weighted by atomic mass is 10.2. The van der Waals surface area contributed by atoms with E-state index in [1.54, 1.807) is 49.6 Å². The fourth-order valence-electron chi connectivity index (χ4n) is 3.16. The van der Waals surface area contributed by atoms with Crippen LogP contribution in [0.2, 0.25) is 0 Å². The smallest absolute Gasteiger partial charge is 0.281 e. The number of hydrogen-bond donors (Lipinski definition) is 0. The summed E-state index contributed by atoms with van der Waals surface area (Å²) < 4.78 is 16.7. The largest absolute Gasteiger partial charge is 0.497 e. The first kappa shape index (κ1) is 23.6. The molecule has 4 rings (SSSR count). The van der Waals surface area contributed by atoms with Crippen molar-refractivity contribution in [3.8, 4) is 17.2 Å². The van der Waals surface area contributed by atoms with Crippen LogP contribution in [-0.2, 0) is 0 Å². The molecule has 178 valence electrons. The molecule has 0 radical (unpaired) electrons. The number of nitrogens with zero attached hydrogens (tertiary/aromatic N) is 4. The molecule has 4 aromatic rings. The van der Waals surface area contributed by atoms with Gasteiger partial charge in [-0.05, 0) is 48.0 Å². The summed E-state index contributed by atoms with van der Waals surface area (Å²) in [5.74, 6) is 1.09. The van der Waals surface area contributed by atoms with Crippen molar-refractivity contribution in [3.63, 3.8) is 0 Å². The van der Waals surface area contributed by atoms with Gasteiger partial charge in [0.2, 0.25) is 5.13 Å². The van der Waals surface area contributed by atoms with Crippen molar-refractivity contribution in [3.05, 3.63) is 81.9 Å². The van der Waals surface area contributed by atoms with Crippen LogP contribution in [0.4, 0.5) is 10.8 Å². The molecule has 0 N–H and O–H groups in total. The van der Waals surface area contributed by atoms with Gasteiger partial charge in [-0.2, -0.15) is 10.1 Å². The Balaban J connectivity index is 1.77. The molecule has 1 aromatic heterocycles. The summed E-state index contributed by atoms with van der Waals surface area (Å²) in [4.78, 5) is 28.6. The zero-order chi connectivity index (χ0) is 24.9. The van der Waals surface area contributed by atoms with Crippen molar-refractivity contribution in [1.82, 2.24) is 4.98 Å². The summed E-state index contributed by atoms with van der Waals surface area (Å²) in [6, 6.07) is 16.0. The number of hydrogen-bond acceptors (Lipinski definition) is 9. The third kappa shape index (κ3) is 5.20. The second kappa shape index (κ2) is 10.2. The Bertz CT molecular complexity index is 1400. The summed E-state index contributed by atoms with van der Waals surface area (Å²) in [6.07, 6.45) is 1.44. The molecular weight excluding hydrogens is 472 g/mol. The predicted molar refractivity (Wildman–Crippen MR) is 133 cm³/mol. The summed E-state index contributed by atoms with van der Waals surface area (Å²) in [5, 5.41) is 16.8. The second-order valence-electron chi connectivity index (χ2n) is 7.14. The van der Waals surface area contributed by atoms with Crippen LogP contribution in [0.15, 0.2) is 65.8 Å². The third-order valence-electron chi connectivity index (χ3n) is 4.98. The quantitative estimate of drug-likeness (QED) is 0.195. The van der Waals surface area contributed by atoms with E-state index in [2.05, 4.69) is 10.1 Å². The molecule has 1 heterocycles. The average molecular weight is 493 g/mol. The number of rotatable bonds is 8. The van der Waals surface area contributed by atoms with Gasteiger partial charge in [-0.15, -0.1) is 0 Å². The first-order valence-corrected chi connectivity index (χ1v) is 11.0. The first-order valence-electron chi connectivity index (χ1n) is 10.2. The number of carbonyl (C=O) groups excluding carboxylic acids is 1. The Morgan fingerprint density at radius 3 is 2.23 bits per heavy atom. The maximum Gasteiger partial charge on any atom is 0.281 e. The molecule has 10 nitrogen and oxygen atoms in total. The molecule has 3 aromatic carbocycles. The number of thiazole rings is 1. The van der Waals surface area contributed by atoms with Crippen LogP contribution in [0, 0.1) is 10.1 Å². The zero-order valence-corrected chi connectivity index (χ0v) is 19.8. The standard InChI is InChI=1S/C24H20N4O6S/c1-32-18-8-9-21-22(13-18)35-24(26-21)27(25-14-15-4-6-17(7-5-15)28(30)31)23(29)16-10-19(33-2)12-20(11-16)34-3/h4-14H,1-3H3/b25-14+. The summed E-state index contributed by atoms with van der Waals surface area (Å²) in [6.45, 7) is 0. The number of anilines is 1. The van der Waals surface area contributed by atoms with Crippen molar-refractivity contribution in [2.45, 2.75) is 0 Å². The molecule has 0 saturated heterocycles. The van der Waals surface area contributed by atoms with Gasteiger partial charge in [0.25, 0.3) is 11.6 Å². The molecule has 0 aliphatic heterocycles. The van der Waals surface area contributed by atoms with Gasteiger partial charge in [0.15, 0.2) is 0 Å². The molecular formula is C24H20N4O6S. The fraction of sp³-hybridized carbons (Fsp3) is 0.125. The monoisotopic (exact) mass is 492 g/mol. The molecule has 0 bridgehead atoms. The van der Waals surface area contributed by atoms with E-state index in [1.165, 1.54) is 48.9 Å². The minimum atomic E-state index is -0.484. The average Bonchev–Trinajstić information content (AvgIpc) is 3.31. The Kier molecular flexibility index (Phi) is 6.88. The van der Waals surface area contributed by atoms with Crippen molar-refractivity contribution in [2.75, 3.05) is 26.3 Å². The van der Waals surface area contributed by atoms with Crippen molar-refractivity contribution in [2.24, 2.45) is 5.10 Å².